The van der Waals surface area contributed by atoms with Crippen LogP contribution in [0.4, 0.5) is 26.3 Å². The van der Waals surface area contributed by atoms with Crippen LogP contribution in [-0.2, 0) is 29.8 Å². The van der Waals surface area contributed by atoms with Gasteiger partial charge in [-0.15, -0.1) is 0 Å². The van der Waals surface area contributed by atoms with Crippen LogP contribution < -0.4 is 0 Å². The van der Waals surface area contributed by atoms with Gasteiger partial charge in [-0.1, -0.05) is 0 Å². The predicted molar refractivity (Wildman–Crippen MR) is 47.3 cm³/mol. The van der Waals surface area contributed by atoms with Gasteiger partial charge in [0, 0.05) is 0 Å². The summed E-state index contributed by atoms with van der Waals surface area (Å²) in [5.74, 6) is 0. The van der Waals surface area contributed by atoms with Crippen molar-refractivity contribution in [3.8, 4) is 0 Å². The molecule has 0 radical (unpaired) electrons. The summed E-state index contributed by atoms with van der Waals surface area (Å²) in [4.78, 5) is 17.6. The zero-order chi connectivity index (χ0) is 17.4. The highest BCUT2D eigenvalue weighted by Crippen LogP contribution is 2.21. The van der Waals surface area contributed by atoms with E-state index in [1.54, 1.807) is 0 Å². The Kier molecular flexibility index (Phi) is 9.67. The van der Waals surface area contributed by atoms with Crippen molar-refractivity contribution in [2.24, 2.45) is 0 Å². The number of halogens is 6. The largest absolute Gasteiger partial charge is 0.522 e. The molecular formula is C4H4F6O8S2. The van der Waals surface area contributed by atoms with Gasteiger partial charge in [0.05, 0.1) is 0 Å². The van der Waals surface area contributed by atoms with E-state index in [1.807, 2.05) is 0 Å². The molecule has 0 aromatic heterocycles. The first kappa shape index (κ1) is 23.8. The van der Waals surface area contributed by atoms with Crippen LogP contribution in [0.2, 0.25) is 0 Å². The van der Waals surface area contributed by atoms with E-state index in [1.165, 1.54) is 0 Å². The van der Waals surface area contributed by atoms with E-state index in [0.717, 1.165) is 0 Å². The van der Waals surface area contributed by atoms with Gasteiger partial charge in [-0.25, -0.2) is 0 Å². The summed E-state index contributed by atoms with van der Waals surface area (Å²) in [6.45, 7) is 0. The van der Waals surface area contributed by atoms with E-state index in [2.05, 4.69) is 0 Å². The topological polar surface area (TPSA) is 143 Å². The van der Waals surface area contributed by atoms with Gasteiger partial charge in [-0.05, 0) is 0 Å². The van der Waals surface area contributed by atoms with Crippen molar-refractivity contribution in [3.63, 3.8) is 0 Å². The lowest BCUT2D eigenvalue weighted by Gasteiger charge is -1.97. The minimum absolute atomic E-state index is 0.194. The Morgan fingerprint density at radius 2 is 0.750 bits per heavy atom. The van der Waals surface area contributed by atoms with Crippen molar-refractivity contribution >= 4 is 32.8 Å². The first-order valence-electron chi connectivity index (χ1n) is 3.38. The molecule has 8 nitrogen and oxygen atoms in total. The Hall–Kier alpha value is -1.26. The van der Waals surface area contributed by atoms with Gasteiger partial charge in [-0.2, -0.15) is 43.2 Å². The van der Waals surface area contributed by atoms with Crippen LogP contribution in [0.25, 0.3) is 0 Å². The average molecular weight is 358 g/mol. The number of hydrogen-bond donors (Lipinski definition) is 2. The SMILES string of the molecule is O=CC=O.O=S(=O)(O)C(F)(F)F.O=S(=O)(O)C(F)(F)F. The molecular weight excluding hydrogens is 354 g/mol. The van der Waals surface area contributed by atoms with E-state index in [-0.39, 0.29) is 12.6 Å². The molecule has 2 N–H and O–H groups in total. The highest BCUT2D eigenvalue weighted by atomic mass is 32.2. The average Bonchev–Trinajstić information content (AvgIpc) is 2.12. The maximum Gasteiger partial charge on any atom is 0.522 e. The third-order valence-corrected chi connectivity index (χ3v) is 1.81. The molecule has 0 heterocycles. The predicted octanol–water partition coefficient (Wildman–Crippen LogP) is 0.172. The first-order valence-corrected chi connectivity index (χ1v) is 6.26. The molecule has 0 fully saturated rings. The Balaban J connectivity index is -0.000000230. The highest BCUT2D eigenvalue weighted by molar-refractivity contribution is 7.86. The summed E-state index contributed by atoms with van der Waals surface area (Å²) < 4.78 is 115. The zero-order valence-corrected chi connectivity index (χ0v) is 10.2. The number of alkyl halides is 6. The third kappa shape index (κ3) is 13.2. The summed E-state index contributed by atoms with van der Waals surface area (Å²) in [6.07, 6.45) is 0.389. The van der Waals surface area contributed by atoms with Gasteiger partial charge in [-0.3, -0.25) is 18.7 Å². The zero-order valence-electron chi connectivity index (χ0n) is 8.58. The van der Waals surface area contributed by atoms with Crippen LogP contribution in [0.15, 0.2) is 0 Å². The summed E-state index contributed by atoms with van der Waals surface area (Å²) in [6, 6.07) is 0. The molecule has 0 atom stereocenters. The Bertz CT molecular complexity index is 450. The van der Waals surface area contributed by atoms with Crippen LogP contribution in [0, 0.1) is 0 Å². The van der Waals surface area contributed by atoms with E-state index >= 15 is 0 Å². The van der Waals surface area contributed by atoms with Crippen LogP contribution in [0.5, 0.6) is 0 Å². The molecule has 0 bridgehead atoms. The Labute approximate surface area is 106 Å². The second kappa shape index (κ2) is 8.12. The highest BCUT2D eigenvalue weighted by Gasteiger charge is 2.45. The lowest BCUT2D eigenvalue weighted by atomic mass is 10.9. The molecule has 0 unspecified atom stereocenters. The minimum Gasteiger partial charge on any atom is -0.295 e. The molecule has 0 aromatic carbocycles. The molecule has 16 heteroatoms. The Morgan fingerprint density at radius 1 is 0.650 bits per heavy atom. The van der Waals surface area contributed by atoms with Crippen molar-refractivity contribution in [2.75, 3.05) is 0 Å². The molecule has 0 aromatic rings. The lowest BCUT2D eigenvalue weighted by molar-refractivity contribution is -0.122. The van der Waals surface area contributed by atoms with Crippen molar-refractivity contribution in [2.45, 2.75) is 11.0 Å². The van der Waals surface area contributed by atoms with Gasteiger partial charge in [0.15, 0.2) is 12.6 Å². The van der Waals surface area contributed by atoms with Crippen molar-refractivity contribution in [1.29, 1.82) is 0 Å². The van der Waals surface area contributed by atoms with Gasteiger partial charge < -0.3 is 0 Å². The fourth-order valence-corrected chi connectivity index (χ4v) is 0. The van der Waals surface area contributed by atoms with Gasteiger partial charge in [0.2, 0.25) is 0 Å². The van der Waals surface area contributed by atoms with Crippen LogP contribution in [-0.4, -0.2) is 49.5 Å². The fourth-order valence-electron chi connectivity index (χ4n) is 0. The number of aldehydes is 2. The van der Waals surface area contributed by atoms with E-state index in [4.69, 9.17) is 35.5 Å². The second-order valence-corrected chi connectivity index (χ2v) is 4.94. The van der Waals surface area contributed by atoms with E-state index < -0.39 is 31.3 Å². The molecule has 0 saturated heterocycles. The summed E-state index contributed by atoms with van der Waals surface area (Å²) in [5, 5.41) is 0. The number of carbonyl (C=O) groups is 2. The molecule has 0 saturated carbocycles. The van der Waals surface area contributed by atoms with Gasteiger partial charge in [0.1, 0.15) is 0 Å². The molecule has 20 heavy (non-hydrogen) atoms. The van der Waals surface area contributed by atoms with Crippen LogP contribution in [0.3, 0.4) is 0 Å². The summed E-state index contributed by atoms with van der Waals surface area (Å²) in [5.41, 5.74) is -11.1. The maximum absolute atomic E-state index is 10.7. The second-order valence-electron chi connectivity index (χ2n) is 2.11. The van der Waals surface area contributed by atoms with Crippen LogP contribution >= 0.6 is 0 Å². The van der Waals surface area contributed by atoms with Gasteiger partial charge in [0.25, 0.3) is 0 Å². The third-order valence-electron chi connectivity index (χ3n) is 0.641. The molecule has 0 aliphatic heterocycles. The van der Waals surface area contributed by atoms with Crippen molar-refractivity contribution in [3.05, 3.63) is 0 Å². The van der Waals surface area contributed by atoms with Crippen molar-refractivity contribution in [1.82, 2.24) is 0 Å². The van der Waals surface area contributed by atoms with Crippen LogP contribution in [0.1, 0.15) is 0 Å². The number of carbonyl (C=O) groups excluding carboxylic acids is 2. The molecule has 0 rings (SSSR count). The molecule has 0 aliphatic rings. The lowest BCUT2D eigenvalue weighted by Crippen LogP contribution is -2.21. The fraction of sp³-hybridized carbons (Fsp3) is 0.500. The van der Waals surface area contributed by atoms with E-state index in [9.17, 15) is 26.3 Å². The Morgan fingerprint density at radius 3 is 0.750 bits per heavy atom. The first-order chi connectivity index (χ1) is 8.41. The van der Waals surface area contributed by atoms with E-state index in [0.29, 0.717) is 0 Å². The normalized spacial score (nSPS) is 12.2. The van der Waals surface area contributed by atoms with Gasteiger partial charge >= 0.3 is 31.3 Å². The standard InChI is InChI=1S/C2H2O2.2CHF3O3S/c3-1-2-4;2*2-1(3,4)8(5,6)7/h1-2H;2*(H,5,6,7). The van der Waals surface area contributed by atoms with Crippen molar-refractivity contribution < 1.29 is 61.9 Å². The number of hydrogen-bond acceptors (Lipinski definition) is 6. The number of rotatable bonds is 1. The molecule has 0 amide bonds. The summed E-state index contributed by atoms with van der Waals surface area (Å²) in [7, 11) is -11.7. The molecule has 0 spiro atoms. The summed E-state index contributed by atoms with van der Waals surface area (Å²) >= 11 is 0. The monoisotopic (exact) mass is 358 g/mol. The minimum atomic E-state index is -5.84. The maximum atomic E-state index is 10.7. The quantitative estimate of drug-likeness (QED) is 0.222. The smallest absolute Gasteiger partial charge is 0.295 e. The molecule has 122 valence electrons. The molecule has 0 aliphatic carbocycles.